The van der Waals surface area contributed by atoms with Gasteiger partial charge in [0, 0.05) is 11.3 Å². The molecule has 2 atom stereocenters. The minimum absolute atomic E-state index is 0.0182. The molecule has 2 unspecified atom stereocenters. The molecule has 0 spiro atoms. The van der Waals surface area contributed by atoms with Gasteiger partial charge in [0.15, 0.2) is 0 Å². The molecule has 1 saturated heterocycles. The highest BCUT2D eigenvalue weighted by Crippen LogP contribution is 2.26. The fraction of sp³-hybridized carbons (Fsp3) is 1.00. The van der Waals surface area contributed by atoms with Crippen molar-refractivity contribution in [1.29, 1.82) is 0 Å². The van der Waals surface area contributed by atoms with E-state index in [9.17, 15) is 0 Å². The molecule has 1 rings (SSSR count). The molecule has 1 heterocycles. The van der Waals surface area contributed by atoms with Crippen molar-refractivity contribution < 1.29 is 10.2 Å². The zero-order chi connectivity index (χ0) is 8.97. The molecule has 72 valence electrons. The molecule has 0 aromatic heterocycles. The van der Waals surface area contributed by atoms with Crippen molar-refractivity contribution >= 4 is 11.8 Å². The molecule has 3 N–H and O–H groups in total. The lowest BCUT2D eigenvalue weighted by molar-refractivity contribution is 0.162. The van der Waals surface area contributed by atoms with Crippen LogP contribution >= 0.6 is 11.8 Å². The summed E-state index contributed by atoms with van der Waals surface area (Å²) in [4.78, 5) is 0. The molecule has 0 saturated carbocycles. The molecule has 0 aromatic rings. The van der Waals surface area contributed by atoms with Crippen molar-refractivity contribution in [2.75, 3.05) is 19.0 Å². The number of aliphatic hydroxyl groups is 2. The van der Waals surface area contributed by atoms with E-state index in [4.69, 9.17) is 10.2 Å². The van der Waals surface area contributed by atoms with E-state index in [2.05, 4.69) is 12.2 Å². The number of nitrogens with one attached hydrogen (secondary N) is 1. The Hall–Kier alpha value is 0.230. The molecule has 3 nitrogen and oxygen atoms in total. The average Bonchev–Trinajstić information content (AvgIpc) is 2.47. The molecule has 1 fully saturated rings. The maximum atomic E-state index is 8.84. The first-order valence-electron chi connectivity index (χ1n) is 4.37. The Morgan fingerprint density at radius 3 is 2.58 bits per heavy atom. The van der Waals surface area contributed by atoms with Gasteiger partial charge in [-0.05, 0) is 12.2 Å². The first-order valence-corrected chi connectivity index (χ1v) is 5.42. The normalized spacial score (nSPS) is 30.0. The van der Waals surface area contributed by atoms with Crippen LogP contribution in [-0.4, -0.2) is 46.5 Å². The zero-order valence-electron chi connectivity index (χ0n) is 7.36. The summed E-state index contributed by atoms with van der Waals surface area (Å²) in [7, 11) is 0. The monoisotopic (exact) mass is 191 g/mol. The van der Waals surface area contributed by atoms with E-state index in [1.165, 1.54) is 5.75 Å². The molecule has 0 radical (unpaired) electrons. The van der Waals surface area contributed by atoms with E-state index in [0.717, 1.165) is 6.42 Å². The summed E-state index contributed by atoms with van der Waals surface area (Å²) in [5.41, 5.74) is 0. The van der Waals surface area contributed by atoms with Gasteiger partial charge >= 0.3 is 0 Å². The van der Waals surface area contributed by atoms with Crippen LogP contribution in [0.25, 0.3) is 0 Å². The largest absolute Gasteiger partial charge is 0.395 e. The van der Waals surface area contributed by atoms with Gasteiger partial charge in [-0.15, -0.1) is 0 Å². The van der Waals surface area contributed by atoms with Crippen LogP contribution in [0.3, 0.4) is 0 Å². The average molecular weight is 191 g/mol. The van der Waals surface area contributed by atoms with Gasteiger partial charge in [-0.1, -0.05) is 6.92 Å². The predicted molar refractivity (Wildman–Crippen MR) is 51.4 cm³/mol. The van der Waals surface area contributed by atoms with Crippen molar-refractivity contribution in [2.24, 2.45) is 0 Å². The Morgan fingerprint density at radius 1 is 1.50 bits per heavy atom. The molecule has 0 amide bonds. The summed E-state index contributed by atoms with van der Waals surface area (Å²) in [6.07, 6.45) is 1.14. The molecule has 0 aliphatic carbocycles. The molecular weight excluding hydrogens is 174 g/mol. The molecule has 0 bridgehead atoms. The van der Waals surface area contributed by atoms with Gasteiger partial charge in [-0.2, -0.15) is 11.8 Å². The van der Waals surface area contributed by atoms with Crippen LogP contribution in [0.15, 0.2) is 0 Å². The SMILES string of the molecule is CC1SCCC1NC(CO)CO. The Kier molecular flexibility index (Phi) is 4.35. The van der Waals surface area contributed by atoms with Crippen LogP contribution in [-0.2, 0) is 0 Å². The lowest BCUT2D eigenvalue weighted by Crippen LogP contribution is -2.45. The summed E-state index contributed by atoms with van der Waals surface area (Å²) < 4.78 is 0. The number of aliphatic hydroxyl groups excluding tert-OH is 2. The first kappa shape index (κ1) is 10.3. The van der Waals surface area contributed by atoms with Gasteiger partial charge in [0.25, 0.3) is 0 Å². The van der Waals surface area contributed by atoms with Gasteiger partial charge in [0.1, 0.15) is 0 Å². The second-order valence-electron chi connectivity index (χ2n) is 3.20. The standard InChI is InChI=1S/C8H17NO2S/c1-6-8(2-3-12-6)9-7(4-10)5-11/h6-11H,2-5H2,1H3. The fourth-order valence-corrected chi connectivity index (χ4v) is 2.63. The Bertz CT molecular complexity index is 130. The highest BCUT2D eigenvalue weighted by atomic mass is 32.2. The third kappa shape index (κ3) is 2.62. The van der Waals surface area contributed by atoms with Gasteiger partial charge < -0.3 is 15.5 Å². The number of hydrogen-bond acceptors (Lipinski definition) is 4. The van der Waals surface area contributed by atoms with E-state index in [1.54, 1.807) is 0 Å². The Balaban J connectivity index is 2.28. The third-order valence-corrected chi connectivity index (χ3v) is 3.59. The maximum Gasteiger partial charge on any atom is 0.0607 e. The van der Waals surface area contributed by atoms with Gasteiger partial charge in [0.2, 0.25) is 0 Å². The van der Waals surface area contributed by atoms with E-state index >= 15 is 0 Å². The first-order chi connectivity index (χ1) is 5.77. The summed E-state index contributed by atoms with van der Waals surface area (Å²) >= 11 is 1.94. The molecule has 1 aliphatic heterocycles. The van der Waals surface area contributed by atoms with Crippen LogP contribution in [0.2, 0.25) is 0 Å². The smallest absolute Gasteiger partial charge is 0.0607 e. The number of rotatable bonds is 4. The van der Waals surface area contributed by atoms with Crippen LogP contribution in [0.1, 0.15) is 13.3 Å². The third-order valence-electron chi connectivity index (χ3n) is 2.27. The zero-order valence-corrected chi connectivity index (χ0v) is 8.18. The number of hydrogen-bond donors (Lipinski definition) is 3. The highest BCUT2D eigenvalue weighted by molar-refractivity contribution is 8.00. The summed E-state index contributed by atoms with van der Waals surface area (Å²) in [6, 6.07) is 0.315. The Morgan fingerprint density at radius 2 is 2.17 bits per heavy atom. The van der Waals surface area contributed by atoms with Crippen molar-refractivity contribution in [3.05, 3.63) is 0 Å². The highest BCUT2D eigenvalue weighted by Gasteiger charge is 2.25. The van der Waals surface area contributed by atoms with Crippen LogP contribution in [0.5, 0.6) is 0 Å². The van der Waals surface area contributed by atoms with Gasteiger partial charge in [-0.3, -0.25) is 0 Å². The van der Waals surface area contributed by atoms with Crippen molar-refractivity contribution in [3.63, 3.8) is 0 Å². The molecule has 12 heavy (non-hydrogen) atoms. The summed E-state index contributed by atoms with van der Waals surface area (Å²) in [6.45, 7) is 2.22. The topological polar surface area (TPSA) is 52.5 Å². The van der Waals surface area contributed by atoms with E-state index < -0.39 is 0 Å². The molecular formula is C8H17NO2S. The molecule has 0 aromatic carbocycles. The number of thioether (sulfide) groups is 1. The van der Waals surface area contributed by atoms with Crippen molar-refractivity contribution in [2.45, 2.75) is 30.7 Å². The Labute approximate surface area is 77.5 Å². The summed E-state index contributed by atoms with van der Waals surface area (Å²) in [5, 5.41) is 21.5. The molecule has 1 aliphatic rings. The fourth-order valence-electron chi connectivity index (χ4n) is 1.42. The minimum atomic E-state index is -0.142. The van der Waals surface area contributed by atoms with Crippen LogP contribution in [0, 0.1) is 0 Å². The van der Waals surface area contributed by atoms with Crippen LogP contribution < -0.4 is 5.32 Å². The second-order valence-corrected chi connectivity index (χ2v) is 4.68. The minimum Gasteiger partial charge on any atom is -0.395 e. The lowest BCUT2D eigenvalue weighted by atomic mass is 10.1. The van der Waals surface area contributed by atoms with E-state index in [1.807, 2.05) is 11.8 Å². The second kappa shape index (κ2) is 5.07. The van der Waals surface area contributed by atoms with Crippen molar-refractivity contribution in [1.82, 2.24) is 5.32 Å². The summed E-state index contributed by atoms with van der Waals surface area (Å²) in [5.74, 6) is 1.18. The molecule has 4 heteroatoms. The lowest BCUT2D eigenvalue weighted by Gasteiger charge is -2.21. The van der Waals surface area contributed by atoms with Crippen molar-refractivity contribution in [3.8, 4) is 0 Å². The van der Waals surface area contributed by atoms with E-state index in [-0.39, 0.29) is 19.3 Å². The predicted octanol–water partition coefficient (Wildman–Crippen LogP) is -0.177. The van der Waals surface area contributed by atoms with Gasteiger partial charge in [-0.25, -0.2) is 0 Å². The quantitative estimate of drug-likeness (QED) is 0.577. The van der Waals surface area contributed by atoms with E-state index in [0.29, 0.717) is 11.3 Å². The van der Waals surface area contributed by atoms with Gasteiger partial charge in [0.05, 0.1) is 19.3 Å². The maximum absolute atomic E-state index is 8.84. The van der Waals surface area contributed by atoms with Crippen LogP contribution in [0.4, 0.5) is 0 Å².